The van der Waals surface area contributed by atoms with Crippen LogP contribution >= 0.6 is 0 Å². The summed E-state index contributed by atoms with van der Waals surface area (Å²) in [5.41, 5.74) is 13.8. The van der Waals surface area contributed by atoms with Crippen LogP contribution in [0.4, 0.5) is 0 Å². The maximum Gasteiger partial charge on any atom is 0.296 e. The largest absolute Gasteiger partial charge is 0.388 e. The van der Waals surface area contributed by atoms with Gasteiger partial charge in [-0.1, -0.05) is 12.1 Å². The van der Waals surface area contributed by atoms with Crippen molar-refractivity contribution in [2.75, 3.05) is 0 Å². The van der Waals surface area contributed by atoms with Gasteiger partial charge in [-0.3, -0.25) is 4.79 Å². The topological polar surface area (TPSA) is 107 Å². The number of carbonyl (C=O) groups excluding carboxylic acids is 1. The van der Waals surface area contributed by atoms with Gasteiger partial charge < -0.3 is 21.1 Å². The monoisotopic (exact) mass is 272 g/mol. The second kappa shape index (κ2) is 4.35. The highest BCUT2D eigenvalue weighted by atomic mass is 16.3. The molecule has 0 radical (unpaired) electrons. The zero-order valence-corrected chi connectivity index (χ0v) is 11.1. The van der Waals surface area contributed by atoms with E-state index in [0.29, 0.717) is 18.7 Å². The quantitative estimate of drug-likeness (QED) is 0.527. The van der Waals surface area contributed by atoms with Crippen LogP contribution in [0.2, 0.25) is 0 Å². The van der Waals surface area contributed by atoms with Crippen LogP contribution in [0, 0.1) is 6.92 Å². The average Bonchev–Trinajstić information content (AvgIpc) is 2.76. The molecule has 0 saturated carbocycles. The number of amides is 1. The molecule has 6 nitrogen and oxygen atoms in total. The van der Waals surface area contributed by atoms with Gasteiger partial charge in [-0.2, -0.15) is 4.99 Å². The van der Waals surface area contributed by atoms with Crippen molar-refractivity contribution in [2.24, 2.45) is 16.5 Å². The second-order valence-electron chi connectivity index (χ2n) is 5.06. The molecule has 1 aromatic heterocycles. The van der Waals surface area contributed by atoms with E-state index in [1.54, 1.807) is 6.07 Å². The maximum atomic E-state index is 12.1. The first-order valence-electron chi connectivity index (χ1n) is 6.44. The minimum absolute atomic E-state index is 0.249. The van der Waals surface area contributed by atoms with E-state index >= 15 is 0 Å². The third-order valence-corrected chi connectivity index (χ3v) is 3.74. The zero-order chi connectivity index (χ0) is 14.4. The van der Waals surface area contributed by atoms with Crippen LogP contribution in [-0.4, -0.2) is 21.5 Å². The van der Waals surface area contributed by atoms with E-state index < -0.39 is 12.0 Å². The van der Waals surface area contributed by atoms with Gasteiger partial charge >= 0.3 is 0 Å². The molecular formula is C14H16N4O2. The number of aliphatic imine (C=N–C) groups is 1. The molecule has 1 atom stereocenters. The first-order chi connectivity index (χ1) is 9.49. The van der Waals surface area contributed by atoms with Gasteiger partial charge in [0.15, 0.2) is 5.96 Å². The predicted octanol–water partition coefficient (Wildman–Crippen LogP) is 0.800. The van der Waals surface area contributed by atoms with Crippen molar-refractivity contribution in [2.45, 2.75) is 26.0 Å². The summed E-state index contributed by atoms with van der Waals surface area (Å²) in [6, 6.07) is 5.65. The van der Waals surface area contributed by atoms with Gasteiger partial charge in [0.05, 0.1) is 11.6 Å². The van der Waals surface area contributed by atoms with Crippen molar-refractivity contribution in [1.82, 2.24) is 4.57 Å². The molecule has 6 heteroatoms. The summed E-state index contributed by atoms with van der Waals surface area (Å²) in [6.45, 7) is 2.54. The Morgan fingerprint density at radius 2 is 2.20 bits per heavy atom. The van der Waals surface area contributed by atoms with Gasteiger partial charge in [-0.05, 0) is 25.0 Å². The van der Waals surface area contributed by atoms with Crippen molar-refractivity contribution in [1.29, 1.82) is 0 Å². The van der Waals surface area contributed by atoms with Crippen molar-refractivity contribution in [3.63, 3.8) is 0 Å². The number of benzene rings is 1. The smallest absolute Gasteiger partial charge is 0.296 e. The standard InChI is InChI=1S/C14H16N4O2/c1-7-2-3-8-11(19)4-5-18-10(6-9(7)12(8)18)13(20)17-14(15)16/h2-3,6,11,19H,4-5H2,1H3,(H4,15,16,17,20). The van der Waals surface area contributed by atoms with Gasteiger partial charge in [0.2, 0.25) is 0 Å². The van der Waals surface area contributed by atoms with Gasteiger partial charge in [0.25, 0.3) is 5.91 Å². The van der Waals surface area contributed by atoms with E-state index in [1.807, 2.05) is 23.6 Å². The fourth-order valence-electron chi connectivity index (χ4n) is 2.80. The number of nitrogens with zero attached hydrogens (tertiary/aromatic N) is 2. The number of nitrogens with two attached hydrogens (primary N) is 2. The Bertz CT molecular complexity index is 741. The minimum Gasteiger partial charge on any atom is -0.388 e. The third kappa shape index (κ3) is 1.77. The Morgan fingerprint density at radius 1 is 1.45 bits per heavy atom. The summed E-state index contributed by atoms with van der Waals surface area (Å²) < 4.78 is 1.89. The molecule has 3 rings (SSSR count). The van der Waals surface area contributed by atoms with E-state index in [9.17, 15) is 9.90 Å². The van der Waals surface area contributed by atoms with Crippen molar-refractivity contribution >= 4 is 22.8 Å². The highest BCUT2D eigenvalue weighted by Gasteiger charge is 2.25. The fraction of sp³-hybridized carbons (Fsp3) is 0.286. The number of aromatic nitrogens is 1. The summed E-state index contributed by atoms with van der Waals surface area (Å²) in [5.74, 6) is -0.705. The van der Waals surface area contributed by atoms with E-state index in [1.165, 1.54) is 0 Å². The number of aryl methyl sites for hydroxylation is 2. The summed E-state index contributed by atoms with van der Waals surface area (Å²) in [5, 5.41) is 11.0. The number of hydrogen-bond donors (Lipinski definition) is 3. The number of hydrogen-bond acceptors (Lipinski definition) is 2. The molecule has 2 aromatic rings. The predicted molar refractivity (Wildman–Crippen MR) is 76.4 cm³/mol. The molecule has 2 heterocycles. The van der Waals surface area contributed by atoms with Crippen LogP contribution in [-0.2, 0) is 6.54 Å². The molecule has 1 amide bonds. The molecule has 0 fully saturated rings. The summed E-state index contributed by atoms with van der Waals surface area (Å²) in [6.07, 6.45) is 0.0774. The van der Waals surface area contributed by atoms with Crippen LogP contribution in [0.3, 0.4) is 0 Å². The average molecular weight is 272 g/mol. The van der Waals surface area contributed by atoms with E-state index in [0.717, 1.165) is 22.0 Å². The van der Waals surface area contributed by atoms with E-state index in [4.69, 9.17) is 11.5 Å². The number of aliphatic hydroxyl groups is 1. The molecule has 1 aromatic carbocycles. The molecule has 1 unspecified atom stereocenters. The van der Waals surface area contributed by atoms with Gasteiger partial charge in [-0.15, -0.1) is 0 Å². The lowest BCUT2D eigenvalue weighted by molar-refractivity contribution is 0.0990. The molecule has 1 aliphatic rings. The molecule has 5 N–H and O–H groups in total. The zero-order valence-electron chi connectivity index (χ0n) is 11.1. The molecule has 0 aliphatic carbocycles. The van der Waals surface area contributed by atoms with Crippen LogP contribution in [0.5, 0.6) is 0 Å². The second-order valence-corrected chi connectivity index (χ2v) is 5.06. The first kappa shape index (κ1) is 12.7. The van der Waals surface area contributed by atoms with Crippen LogP contribution in [0.1, 0.15) is 34.1 Å². The highest BCUT2D eigenvalue weighted by Crippen LogP contribution is 2.35. The maximum absolute atomic E-state index is 12.1. The number of guanidine groups is 1. The van der Waals surface area contributed by atoms with Crippen molar-refractivity contribution < 1.29 is 9.90 Å². The lowest BCUT2D eigenvalue weighted by Gasteiger charge is -2.22. The highest BCUT2D eigenvalue weighted by molar-refractivity contribution is 6.05. The van der Waals surface area contributed by atoms with E-state index in [-0.39, 0.29) is 5.96 Å². The number of carbonyl (C=O) groups is 1. The fourth-order valence-corrected chi connectivity index (χ4v) is 2.80. The van der Waals surface area contributed by atoms with Crippen LogP contribution in [0.15, 0.2) is 23.2 Å². The minimum atomic E-state index is -0.494. The molecule has 0 spiro atoms. The molecular weight excluding hydrogens is 256 g/mol. The summed E-state index contributed by atoms with van der Waals surface area (Å²) in [4.78, 5) is 15.7. The Morgan fingerprint density at radius 3 is 2.90 bits per heavy atom. The van der Waals surface area contributed by atoms with Gasteiger partial charge in [0.1, 0.15) is 5.69 Å². The Labute approximate surface area is 115 Å². The molecule has 0 bridgehead atoms. The third-order valence-electron chi connectivity index (χ3n) is 3.74. The first-order valence-corrected chi connectivity index (χ1v) is 6.44. The lowest BCUT2D eigenvalue weighted by atomic mass is 9.98. The van der Waals surface area contributed by atoms with Gasteiger partial charge in [-0.25, -0.2) is 0 Å². The van der Waals surface area contributed by atoms with Crippen molar-refractivity contribution in [3.05, 3.63) is 35.0 Å². The Balaban J connectivity index is 2.30. The Kier molecular flexibility index (Phi) is 2.76. The lowest BCUT2D eigenvalue weighted by Crippen LogP contribution is -2.25. The van der Waals surface area contributed by atoms with E-state index in [2.05, 4.69) is 4.99 Å². The Hall–Kier alpha value is -2.34. The summed E-state index contributed by atoms with van der Waals surface area (Å²) >= 11 is 0. The summed E-state index contributed by atoms with van der Waals surface area (Å²) in [7, 11) is 0. The van der Waals surface area contributed by atoms with Gasteiger partial charge in [0, 0.05) is 17.5 Å². The van der Waals surface area contributed by atoms with Crippen molar-refractivity contribution in [3.8, 4) is 0 Å². The number of rotatable bonds is 1. The molecule has 104 valence electrons. The normalized spacial score (nSPS) is 17.2. The molecule has 1 aliphatic heterocycles. The molecule has 20 heavy (non-hydrogen) atoms. The van der Waals surface area contributed by atoms with Crippen LogP contribution in [0.25, 0.3) is 10.9 Å². The molecule has 0 saturated heterocycles. The number of aliphatic hydroxyl groups excluding tert-OH is 1. The van der Waals surface area contributed by atoms with Crippen LogP contribution < -0.4 is 11.5 Å². The SMILES string of the molecule is Cc1ccc2c3c1cc(C(=O)N=C(N)N)n3CCC2O.